The summed E-state index contributed by atoms with van der Waals surface area (Å²) in [7, 11) is 0. The Kier molecular flexibility index (Phi) is 4.73. The van der Waals surface area contributed by atoms with E-state index in [2.05, 4.69) is 12.2 Å². The standard InChI is InChI=1S/C17H19NO/c1-2-3-7-14-10-12-15(13-11-14)17(19)18-16-8-5-4-6-9-16/h4-6,8-13H,2-3,7H2,1H3,(H,18,19). The van der Waals surface area contributed by atoms with Crippen molar-refractivity contribution in [1.29, 1.82) is 0 Å². The number of carbonyl (C=O) groups excluding carboxylic acids is 1. The molecule has 1 N–H and O–H groups in total. The predicted molar refractivity (Wildman–Crippen MR) is 79.4 cm³/mol. The molecule has 1 amide bonds. The molecule has 0 heterocycles. The second-order valence-corrected chi connectivity index (χ2v) is 4.62. The van der Waals surface area contributed by atoms with E-state index in [1.165, 1.54) is 18.4 Å². The number of rotatable bonds is 5. The minimum atomic E-state index is -0.0618. The summed E-state index contributed by atoms with van der Waals surface area (Å²) in [5, 5.41) is 2.88. The lowest BCUT2D eigenvalue weighted by atomic mass is 10.1. The third-order valence-corrected chi connectivity index (χ3v) is 3.07. The molecule has 2 heteroatoms. The maximum absolute atomic E-state index is 12.0. The minimum Gasteiger partial charge on any atom is -0.322 e. The van der Waals surface area contributed by atoms with Gasteiger partial charge < -0.3 is 5.32 Å². The molecule has 0 spiro atoms. The Morgan fingerprint density at radius 2 is 1.68 bits per heavy atom. The van der Waals surface area contributed by atoms with Crippen molar-refractivity contribution in [2.75, 3.05) is 5.32 Å². The van der Waals surface area contributed by atoms with Crippen molar-refractivity contribution < 1.29 is 4.79 Å². The van der Waals surface area contributed by atoms with Crippen LogP contribution in [-0.4, -0.2) is 5.91 Å². The zero-order valence-electron chi connectivity index (χ0n) is 11.2. The molecule has 0 aliphatic carbocycles. The summed E-state index contributed by atoms with van der Waals surface area (Å²) in [6, 6.07) is 17.4. The first-order valence-corrected chi connectivity index (χ1v) is 6.75. The van der Waals surface area contributed by atoms with E-state index in [1.807, 2.05) is 54.6 Å². The fourth-order valence-corrected chi connectivity index (χ4v) is 1.93. The summed E-state index contributed by atoms with van der Waals surface area (Å²) in [5.41, 5.74) is 2.81. The number of unbranched alkanes of at least 4 members (excludes halogenated alkanes) is 1. The van der Waals surface area contributed by atoms with Gasteiger partial charge in [0.05, 0.1) is 0 Å². The predicted octanol–water partition coefficient (Wildman–Crippen LogP) is 4.28. The Morgan fingerprint density at radius 1 is 1.00 bits per heavy atom. The smallest absolute Gasteiger partial charge is 0.255 e. The van der Waals surface area contributed by atoms with Crippen LogP contribution in [-0.2, 0) is 6.42 Å². The van der Waals surface area contributed by atoms with Gasteiger partial charge in [0, 0.05) is 11.3 Å². The van der Waals surface area contributed by atoms with Gasteiger partial charge in [-0.05, 0) is 42.7 Å². The summed E-state index contributed by atoms with van der Waals surface area (Å²) >= 11 is 0. The molecule has 0 aliphatic rings. The largest absolute Gasteiger partial charge is 0.322 e. The maximum Gasteiger partial charge on any atom is 0.255 e. The van der Waals surface area contributed by atoms with Gasteiger partial charge in [0.25, 0.3) is 5.91 Å². The van der Waals surface area contributed by atoms with Crippen molar-refractivity contribution >= 4 is 11.6 Å². The average molecular weight is 253 g/mol. The number of anilines is 1. The van der Waals surface area contributed by atoms with Gasteiger partial charge >= 0.3 is 0 Å². The van der Waals surface area contributed by atoms with E-state index in [1.54, 1.807) is 0 Å². The average Bonchev–Trinajstić information content (AvgIpc) is 2.46. The van der Waals surface area contributed by atoms with E-state index in [0.717, 1.165) is 12.1 Å². The first-order valence-electron chi connectivity index (χ1n) is 6.75. The number of hydrogen-bond donors (Lipinski definition) is 1. The van der Waals surface area contributed by atoms with Crippen molar-refractivity contribution in [2.45, 2.75) is 26.2 Å². The van der Waals surface area contributed by atoms with Crippen LogP contribution in [0.25, 0.3) is 0 Å². The lowest BCUT2D eigenvalue weighted by Gasteiger charge is -2.06. The van der Waals surface area contributed by atoms with Crippen LogP contribution in [0, 0.1) is 0 Å². The molecule has 19 heavy (non-hydrogen) atoms. The van der Waals surface area contributed by atoms with Crippen LogP contribution >= 0.6 is 0 Å². The highest BCUT2D eigenvalue weighted by Crippen LogP contribution is 2.11. The van der Waals surface area contributed by atoms with Crippen LogP contribution in [0.2, 0.25) is 0 Å². The van der Waals surface area contributed by atoms with E-state index < -0.39 is 0 Å². The molecule has 0 saturated heterocycles. The maximum atomic E-state index is 12.0. The minimum absolute atomic E-state index is 0.0618. The van der Waals surface area contributed by atoms with Crippen molar-refractivity contribution in [1.82, 2.24) is 0 Å². The number of para-hydroxylation sites is 1. The van der Waals surface area contributed by atoms with Crippen LogP contribution < -0.4 is 5.32 Å². The van der Waals surface area contributed by atoms with Gasteiger partial charge in [0.1, 0.15) is 0 Å². The molecule has 0 aliphatic heterocycles. The molecule has 0 unspecified atom stereocenters. The second-order valence-electron chi connectivity index (χ2n) is 4.62. The quantitative estimate of drug-likeness (QED) is 0.846. The molecule has 0 atom stereocenters. The molecule has 2 aromatic rings. The van der Waals surface area contributed by atoms with E-state index in [4.69, 9.17) is 0 Å². The highest BCUT2D eigenvalue weighted by atomic mass is 16.1. The number of amides is 1. The third-order valence-electron chi connectivity index (χ3n) is 3.07. The number of nitrogens with one attached hydrogen (secondary N) is 1. The van der Waals surface area contributed by atoms with E-state index in [-0.39, 0.29) is 5.91 Å². The summed E-state index contributed by atoms with van der Waals surface area (Å²) in [6.45, 7) is 2.18. The van der Waals surface area contributed by atoms with E-state index >= 15 is 0 Å². The molecule has 0 fully saturated rings. The highest BCUT2D eigenvalue weighted by molar-refractivity contribution is 6.04. The van der Waals surface area contributed by atoms with Gasteiger partial charge in [-0.1, -0.05) is 43.7 Å². The topological polar surface area (TPSA) is 29.1 Å². The normalized spacial score (nSPS) is 10.2. The van der Waals surface area contributed by atoms with E-state index in [0.29, 0.717) is 5.56 Å². The Hall–Kier alpha value is -2.09. The first kappa shape index (κ1) is 13.3. The van der Waals surface area contributed by atoms with Gasteiger partial charge in [0.2, 0.25) is 0 Å². The molecule has 0 aromatic heterocycles. The third kappa shape index (κ3) is 3.95. The summed E-state index contributed by atoms with van der Waals surface area (Å²) in [5.74, 6) is -0.0618. The lowest BCUT2D eigenvalue weighted by Crippen LogP contribution is -2.11. The number of hydrogen-bond acceptors (Lipinski definition) is 1. The van der Waals surface area contributed by atoms with Crippen LogP contribution in [0.5, 0.6) is 0 Å². The van der Waals surface area contributed by atoms with Crippen molar-refractivity contribution in [3.63, 3.8) is 0 Å². The Labute approximate surface area is 114 Å². The first-order chi connectivity index (χ1) is 9.29. The van der Waals surface area contributed by atoms with E-state index in [9.17, 15) is 4.79 Å². The molecule has 2 aromatic carbocycles. The molecule has 2 rings (SSSR count). The van der Waals surface area contributed by atoms with Crippen LogP contribution in [0.15, 0.2) is 54.6 Å². The number of benzene rings is 2. The Bertz CT molecular complexity index is 517. The summed E-state index contributed by atoms with van der Waals surface area (Å²) in [4.78, 5) is 12.0. The van der Waals surface area contributed by atoms with Crippen molar-refractivity contribution in [2.24, 2.45) is 0 Å². The van der Waals surface area contributed by atoms with Gasteiger partial charge in [-0.15, -0.1) is 0 Å². The molecule has 2 nitrogen and oxygen atoms in total. The van der Waals surface area contributed by atoms with Crippen LogP contribution in [0.3, 0.4) is 0 Å². The van der Waals surface area contributed by atoms with Crippen molar-refractivity contribution in [3.05, 3.63) is 65.7 Å². The second kappa shape index (κ2) is 6.74. The Balaban J connectivity index is 1.99. The van der Waals surface area contributed by atoms with Crippen LogP contribution in [0.4, 0.5) is 5.69 Å². The number of aryl methyl sites for hydroxylation is 1. The number of carbonyl (C=O) groups is 1. The molecular weight excluding hydrogens is 234 g/mol. The highest BCUT2D eigenvalue weighted by Gasteiger charge is 2.05. The SMILES string of the molecule is CCCCc1ccc(C(=O)Nc2ccccc2)cc1. The van der Waals surface area contributed by atoms with Crippen molar-refractivity contribution in [3.8, 4) is 0 Å². The van der Waals surface area contributed by atoms with Gasteiger partial charge in [0.15, 0.2) is 0 Å². The van der Waals surface area contributed by atoms with Gasteiger partial charge in [-0.25, -0.2) is 0 Å². The molecule has 98 valence electrons. The molecular formula is C17H19NO. The Morgan fingerprint density at radius 3 is 2.32 bits per heavy atom. The molecule has 0 saturated carbocycles. The molecule has 0 radical (unpaired) electrons. The zero-order chi connectivity index (χ0) is 13.5. The lowest BCUT2D eigenvalue weighted by molar-refractivity contribution is 0.102. The zero-order valence-corrected chi connectivity index (χ0v) is 11.2. The van der Waals surface area contributed by atoms with Gasteiger partial charge in [-0.3, -0.25) is 4.79 Å². The molecule has 0 bridgehead atoms. The van der Waals surface area contributed by atoms with Crippen LogP contribution in [0.1, 0.15) is 35.7 Å². The fourth-order valence-electron chi connectivity index (χ4n) is 1.93. The summed E-state index contributed by atoms with van der Waals surface area (Å²) in [6.07, 6.45) is 3.46. The fraction of sp³-hybridized carbons (Fsp3) is 0.235. The van der Waals surface area contributed by atoms with Gasteiger partial charge in [-0.2, -0.15) is 0 Å². The monoisotopic (exact) mass is 253 g/mol. The summed E-state index contributed by atoms with van der Waals surface area (Å²) < 4.78 is 0.